The number of nitrogens with one attached hydrogen (secondary N) is 3. The van der Waals surface area contributed by atoms with Crippen molar-refractivity contribution in [3.63, 3.8) is 0 Å². The van der Waals surface area contributed by atoms with Crippen LogP contribution in [0.2, 0.25) is 0 Å². The summed E-state index contributed by atoms with van der Waals surface area (Å²) in [5, 5.41) is 7.97. The second-order valence-corrected chi connectivity index (χ2v) is 5.60. The third-order valence-corrected chi connectivity index (χ3v) is 3.76. The molecule has 1 rings (SSSR count). The molecule has 1 aromatic carbocycles. The van der Waals surface area contributed by atoms with Crippen LogP contribution in [0, 0.1) is 0 Å². The van der Waals surface area contributed by atoms with E-state index in [2.05, 4.69) is 41.9 Å². The summed E-state index contributed by atoms with van der Waals surface area (Å²) in [6, 6.07) is 9.77. The first-order chi connectivity index (χ1) is 9.87. The number of carbonyl (C=O) groups is 2. The second-order valence-electron chi connectivity index (χ2n) is 5.60. The quantitative estimate of drug-likeness (QED) is 0.748. The minimum Gasteiger partial charge on any atom is -0.338 e. The third kappa shape index (κ3) is 5.19. The first-order valence-corrected chi connectivity index (χ1v) is 7.24. The zero-order valence-corrected chi connectivity index (χ0v) is 13.2. The Balaban J connectivity index is 2.51. The number of benzene rings is 1. The maximum atomic E-state index is 11.7. The molecule has 0 aromatic heterocycles. The minimum atomic E-state index is -0.459. The predicted molar refractivity (Wildman–Crippen MR) is 84.1 cm³/mol. The molecule has 0 bridgehead atoms. The fraction of sp³-hybridized carbons (Fsp3) is 0.500. The summed E-state index contributed by atoms with van der Waals surface area (Å²) in [6.45, 7) is 8.68. The summed E-state index contributed by atoms with van der Waals surface area (Å²) in [5.41, 5.74) is 1.09. The molecule has 0 aliphatic heterocycles. The smallest absolute Gasteiger partial charge is 0.321 e. The van der Waals surface area contributed by atoms with Gasteiger partial charge in [0.15, 0.2) is 0 Å². The maximum Gasteiger partial charge on any atom is 0.321 e. The molecule has 5 nitrogen and oxygen atoms in total. The molecule has 0 aliphatic rings. The number of imide groups is 1. The van der Waals surface area contributed by atoms with Crippen LogP contribution < -0.4 is 16.0 Å². The summed E-state index contributed by atoms with van der Waals surface area (Å²) >= 11 is 0. The van der Waals surface area contributed by atoms with E-state index in [4.69, 9.17) is 0 Å². The lowest BCUT2D eigenvalue weighted by Crippen LogP contribution is -2.49. The van der Waals surface area contributed by atoms with Crippen molar-refractivity contribution in [1.29, 1.82) is 0 Å². The van der Waals surface area contributed by atoms with Gasteiger partial charge in [0.05, 0.1) is 6.54 Å². The van der Waals surface area contributed by atoms with Gasteiger partial charge in [-0.25, -0.2) is 4.79 Å². The molecule has 0 fully saturated rings. The van der Waals surface area contributed by atoms with Gasteiger partial charge in [0.2, 0.25) is 5.91 Å². The van der Waals surface area contributed by atoms with Gasteiger partial charge < -0.3 is 10.6 Å². The Morgan fingerprint density at radius 2 is 1.81 bits per heavy atom. The molecule has 0 aliphatic carbocycles. The molecular formula is C16H25N3O2. The Labute approximate surface area is 126 Å². The van der Waals surface area contributed by atoms with Gasteiger partial charge in [0, 0.05) is 18.0 Å². The molecule has 1 aromatic rings. The van der Waals surface area contributed by atoms with Crippen molar-refractivity contribution < 1.29 is 9.59 Å². The van der Waals surface area contributed by atoms with E-state index in [1.165, 1.54) is 5.56 Å². The highest BCUT2D eigenvalue weighted by Crippen LogP contribution is 2.26. The summed E-state index contributed by atoms with van der Waals surface area (Å²) in [6.07, 6.45) is 0. The molecule has 116 valence electrons. The molecular weight excluding hydrogens is 266 g/mol. The molecule has 3 amide bonds. The van der Waals surface area contributed by atoms with Crippen LogP contribution in [0.15, 0.2) is 30.3 Å². The van der Waals surface area contributed by atoms with Crippen LogP contribution in [0.1, 0.15) is 33.3 Å². The molecule has 0 radical (unpaired) electrons. The lowest BCUT2D eigenvalue weighted by molar-refractivity contribution is -0.119. The molecule has 0 saturated heterocycles. The summed E-state index contributed by atoms with van der Waals surface area (Å²) < 4.78 is 0. The number of carbonyl (C=O) groups excluding carboxylic acids is 2. The van der Waals surface area contributed by atoms with Crippen LogP contribution in [0.4, 0.5) is 4.79 Å². The van der Waals surface area contributed by atoms with E-state index in [0.717, 1.165) is 0 Å². The average Bonchev–Trinajstić information content (AvgIpc) is 2.45. The van der Waals surface area contributed by atoms with Gasteiger partial charge in [-0.1, -0.05) is 44.2 Å². The Hall–Kier alpha value is -1.88. The van der Waals surface area contributed by atoms with Crippen molar-refractivity contribution in [3.05, 3.63) is 35.9 Å². The predicted octanol–water partition coefficient (Wildman–Crippen LogP) is 1.79. The van der Waals surface area contributed by atoms with E-state index < -0.39 is 6.03 Å². The van der Waals surface area contributed by atoms with Crippen LogP contribution in [-0.2, 0) is 10.2 Å². The first-order valence-electron chi connectivity index (χ1n) is 7.24. The lowest BCUT2D eigenvalue weighted by atomic mass is 9.78. The Bertz CT molecular complexity index is 472. The van der Waals surface area contributed by atoms with Crippen LogP contribution in [0.5, 0.6) is 0 Å². The third-order valence-electron chi connectivity index (χ3n) is 3.76. The highest BCUT2D eigenvalue weighted by Gasteiger charge is 2.27. The number of urea groups is 1. The van der Waals surface area contributed by atoms with Crippen molar-refractivity contribution in [2.45, 2.75) is 39.2 Å². The van der Waals surface area contributed by atoms with Gasteiger partial charge in [-0.2, -0.15) is 0 Å². The highest BCUT2D eigenvalue weighted by molar-refractivity contribution is 5.95. The van der Waals surface area contributed by atoms with Crippen LogP contribution >= 0.6 is 0 Å². The van der Waals surface area contributed by atoms with Crippen molar-refractivity contribution >= 4 is 11.9 Å². The van der Waals surface area contributed by atoms with E-state index in [1.54, 1.807) is 6.92 Å². The Kier molecular flexibility index (Phi) is 6.37. The molecule has 0 saturated carbocycles. The van der Waals surface area contributed by atoms with Crippen LogP contribution in [-0.4, -0.2) is 31.1 Å². The zero-order valence-electron chi connectivity index (χ0n) is 13.2. The SMILES string of the molecule is CCNC(=O)NC(=O)CN[C@H](C)C(C)(C)c1ccccc1. The topological polar surface area (TPSA) is 70.2 Å². The van der Waals surface area contributed by atoms with Gasteiger partial charge in [0.1, 0.15) is 0 Å². The molecule has 21 heavy (non-hydrogen) atoms. The minimum absolute atomic E-state index is 0.0832. The first kappa shape index (κ1) is 17.2. The van der Waals surface area contributed by atoms with E-state index in [1.807, 2.05) is 25.1 Å². The van der Waals surface area contributed by atoms with Crippen molar-refractivity contribution in [3.8, 4) is 0 Å². The number of hydrogen-bond donors (Lipinski definition) is 3. The summed E-state index contributed by atoms with van der Waals surface area (Å²) in [7, 11) is 0. The van der Waals surface area contributed by atoms with Crippen LogP contribution in [0.3, 0.4) is 0 Å². The van der Waals surface area contributed by atoms with Crippen LogP contribution in [0.25, 0.3) is 0 Å². The Morgan fingerprint density at radius 1 is 1.19 bits per heavy atom. The molecule has 0 spiro atoms. The van der Waals surface area contributed by atoms with E-state index in [9.17, 15) is 9.59 Å². The number of rotatable bonds is 6. The van der Waals surface area contributed by atoms with E-state index in [0.29, 0.717) is 6.54 Å². The number of hydrogen-bond acceptors (Lipinski definition) is 3. The average molecular weight is 291 g/mol. The normalized spacial score (nSPS) is 12.6. The van der Waals surface area contributed by atoms with Gasteiger partial charge in [-0.05, 0) is 19.4 Å². The van der Waals surface area contributed by atoms with Gasteiger partial charge in [-0.3, -0.25) is 10.1 Å². The van der Waals surface area contributed by atoms with E-state index in [-0.39, 0.29) is 23.9 Å². The molecule has 3 N–H and O–H groups in total. The van der Waals surface area contributed by atoms with Crippen molar-refractivity contribution in [2.75, 3.05) is 13.1 Å². The molecule has 1 atom stereocenters. The van der Waals surface area contributed by atoms with E-state index >= 15 is 0 Å². The maximum absolute atomic E-state index is 11.7. The van der Waals surface area contributed by atoms with Gasteiger partial charge in [-0.15, -0.1) is 0 Å². The molecule has 0 heterocycles. The molecule has 5 heteroatoms. The van der Waals surface area contributed by atoms with Crippen molar-refractivity contribution in [1.82, 2.24) is 16.0 Å². The Morgan fingerprint density at radius 3 is 2.38 bits per heavy atom. The fourth-order valence-corrected chi connectivity index (χ4v) is 1.99. The monoisotopic (exact) mass is 291 g/mol. The molecule has 0 unspecified atom stereocenters. The second kappa shape index (κ2) is 7.78. The van der Waals surface area contributed by atoms with Gasteiger partial charge >= 0.3 is 6.03 Å². The largest absolute Gasteiger partial charge is 0.338 e. The summed E-state index contributed by atoms with van der Waals surface area (Å²) in [5.74, 6) is -0.336. The fourth-order valence-electron chi connectivity index (χ4n) is 1.99. The highest BCUT2D eigenvalue weighted by atomic mass is 16.2. The lowest BCUT2D eigenvalue weighted by Gasteiger charge is -2.33. The standard InChI is InChI=1S/C16H25N3O2/c1-5-17-15(21)19-14(20)11-18-12(2)16(3,4)13-9-7-6-8-10-13/h6-10,12,18H,5,11H2,1-4H3,(H2,17,19,20,21)/t12-/m1/s1. The zero-order chi connectivity index (χ0) is 15.9. The van der Waals surface area contributed by atoms with Crippen molar-refractivity contribution in [2.24, 2.45) is 0 Å². The summed E-state index contributed by atoms with van der Waals surface area (Å²) in [4.78, 5) is 22.9. The number of amides is 3. The van der Waals surface area contributed by atoms with Gasteiger partial charge in [0.25, 0.3) is 0 Å².